The van der Waals surface area contributed by atoms with E-state index in [1.807, 2.05) is 47.0 Å². The van der Waals surface area contributed by atoms with Crippen molar-refractivity contribution in [3.8, 4) is 0 Å². The van der Waals surface area contributed by atoms with E-state index in [1.165, 1.54) is 6.33 Å². The summed E-state index contributed by atoms with van der Waals surface area (Å²) in [7, 11) is 0. The number of nitrogens with one attached hydrogen (secondary N) is 2. The van der Waals surface area contributed by atoms with Gasteiger partial charge in [0.2, 0.25) is 0 Å². The molecule has 0 spiro atoms. The molecule has 0 saturated heterocycles. The van der Waals surface area contributed by atoms with Crippen LogP contribution in [0.1, 0.15) is 46.9 Å². The van der Waals surface area contributed by atoms with Gasteiger partial charge in [-0.15, -0.1) is 0 Å². The molecule has 1 amide bonds. The molecule has 0 aliphatic carbocycles. The van der Waals surface area contributed by atoms with Crippen molar-refractivity contribution < 1.29 is 4.79 Å². The average Bonchev–Trinajstić information content (AvgIpc) is 3.42. The van der Waals surface area contributed by atoms with E-state index in [1.54, 1.807) is 6.33 Å². The smallest absolute Gasteiger partial charge is 0.251 e. The third-order valence-corrected chi connectivity index (χ3v) is 6.09. The summed E-state index contributed by atoms with van der Waals surface area (Å²) in [6.45, 7) is 5.03. The number of carbonyl (C=O) groups is 1. The van der Waals surface area contributed by atoms with E-state index in [2.05, 4.69) is 39.1 Å². The minimum atomic E-state index is -0.0941. The molecular weight excluding hydrogens is 450 g/mol. The molecule has 2 aromatic carbocycles. The second-order valence-corrected chi connectivity index (χ2v) is 8.99. The van der Waals surface area contributed by atoms with Crippen LogP contribution in [-0.4, -0.2) is 30.4 Å². The van der Waals surface area contributed by atoms with Gasteiger partial charge in [-0.1, -0.05) is 43.6 Å². The normalized spacial score (nSPS) is 11.5. The Hall–Kier alpha value is -3.91. The summed E-state index contributed by atoms with van der Waals surface area (Å²) in [5.74, 6) is 0.514. The van der Waals surface area contributed by atoms with Crippen LogP contribution < -0.4 is 11.1 Å². The van der Waals surface area contributed by atoms with Gasteiger partial charge >= 0.3 is 0 Å². The fourth-order valence-corrected chi connectivity index (χ4v) is 4.48. The second kappa shape index (κ2) is 8.79. The zero-order chi connectivity index (χ0) is 23.8. The first kappa shape index (κ1) is 21.9. The molecule has 0 saturated carbocycles. The van der Waals surface area contributed by atoms with Crippen LogP contribution in [0.3, 0.4) is 0 Å². The van der Waals surface area contributed by atoms with Crippen molar-refractivity contribution in [3.05, 3.63) is 82.5 Å². The van der Waals surface area contributed by atoms with Gasteiger partial charge in [0.05, 0.1) is 24.9 Å². The maximum absolute atomic E-state index is 12.9. The molecular formula is C25H24ClN7O. The van der Waals surface area contributed by atoms with Gasteiger partial charge in [-0.25, -0.2) is 15.0 Å². The first-order valence-electron chi connectivity index (χ1n) is 11.0. The zero-order valence-corrected chi connectivity index (χ0v) is 19.6. The van der Waals surface area contributed by atoms with Crippen LogP contribution in [0.25, 0.3) is 22.1 Å². The van der Waals surface area contributed by atoms with Gasteiger partial charge in [0, 0.05) is 21.7 Å². The largest absolute Gasteiger partial charge is 0.382 e. The molecule has 0 radical (unpaired) electrons. The Balaban J connectivity index is 1.41. The van der Waals surface area contributed by atoms with Crippen LogP contribution in [0, 0.1) is 0 Å². The molecule has 0 fully saturated rings. The Morgan fingerprint density at radius 2 is 2.00 bits per heavy atom. The van der Waals surface area contributed by atoms with E-state index >= 15 is 0 Å². The van der Waals surface area contributed by atoms with Gasteiger partial charge in [-0.2, -0.15) is 0 Å². The summed E-state index contributed by atoms with van der Waals surface area (Å²) in [5.41, 5.74) is 11.7. The minimum Gasteiger partial charge on any atom is -0.382 e. The quantitative estimate of drug-likeness (QED) is 0.332. The number of nitrogens with two attached hydrogens (primary N) is 1. The van der Waals surface area contributed by atoms with Crippen molar-refractivity contribution in [1.82, 2.24) is 29.8 Å². The lowest BCUT2D eigenvalue weighted by atomic mass is 9.97. The maximum Gasteiger partial charge on any atom is 0.251 e. The van der Waals surface area contributed by atoms with Crippen molar-refractivity contribution in [2.45, 2.75) is 32.9 Å². The molecule has 5 aromatic rings. The Labute approximate surface area is 201 Å². The fourth-order valence-electron chi connectivity index (χ4n) is 4.23. The maximum atomic E-state index is 12.9. The summed E-state index contributed by atoms with van der Waals surface area (Å²) in [5, 5.41) is 4.62. The van der Waals surface area contributed by atoms with Gasteiger partial charge in [-0.3, -0.25) is 4.79 Å². The van der Waals surface area contributed by atoms with E-state index in [-0.39, 0.29) is 11.8 Å². The molecule has 0 bridgehead atoms. The molecule has 3 aromatic heterocycles. The van der Waals surface area contributed by atoms with Crippen molar-refractivity contribution in [1.29, 1.82) is 0 Å². The number of H-pyrrole nitrogens is 1. The average molecular weight is 474 g/mol. The van der Waals surface area contributed by atoms with Crippen LogP contribution in [0.5, 0.6) is 0 Å². The number of carbonyl (C=O) groups excluding carboxylic acids is 1. The zero-order valence-electron chi connectivity index (χ0n) is 18.8. The highest BCUT2D eigenvalue weighted by Gasteiger charge is 2.15. The predicted octanol–water partition coefficient (Wildman–Crippen LogP) is 4.64. The lowest BCUT2D eigenvalue weighted by molar-refractivity contribution is 0.0949. The third kappa shape index (κ3) is 4.08. The summed E-state index contributed by atoms with van der Waals surface area (Å²) >= 11 is 6.42. The third-order valence-electron chi connectivity index (χ3n) is 5.87. The van der Waals surface area contributed by atoms with Gasteiger partial charge in [0.25, 0.3) is 5.91 Å². The van der Waals surface area contributed by atoms with E-state index in [4.69, 9.17) is 17.3 Å². The molecule has 4 N–H and O–H groups in total. The van der Waals surface area contributed by atoms with Crippen LogP contribution in [0.4, 0.5) is 5.82 Å². The molecule has 9 heteroatoms. The lowest BCUT2D eigenvalue weighted by Gasteiger charge is -2.12. The van der Waals surface area contributed by atoms with Crippen LogP contribution in [0.2, 0.25) is 5.02 Å². The minimum absolute atomic E-state index is 0.0941. The number of halogens is 1. The number of fused-ring (bicyclic) bond motifs is 2. The topological polar surface area (TPSA) is 115 Å². The Morgan fingerprint density at radius 3 is 2.82 bits per heavy atom. The number of aromatic amines is 1. The number of anilines is 1. The van der Waals surface area contributed by atoms with Gasteiger partial charge in [0.15, 0.2) is 11.5 Å². The second-order valence-electron chi connectivity index (χ2n) is 8.55. The lowest BCUT2D eigenvalue weighted by Crippen LogP contribution is -2.24. The highest BCUT2D eigenvalue weighted by Crippen LogP contribution is 2.27. The van der Waals surface area contributed by atoms with Gasteiger partial charge in [-0.05, 0) is 41.3 Å². The molecule has 0 aliphatic heterocycles. The van der Waals surface area contributed by atoms with E-state index in [0.29, 0.717) is 40.7 Å². The first-order chi connectivity index (χ1) is 16.4. The van der Waals surface area contributed by atoms with E-state index in [0.717, 1.165) is 27.7 Å². The van der Waals surface area contributed by atoms with Crippen molar-refractivity contribution in [2.24, 2.45) is 0 Å². The standard InChI is InChI=1S/C25H24ClN7O/c1-14(2)19-5-3-4-6-20(19)25(34)28-10-18-9-15-7-17(26)8-16(21(15)32-18)11-33-13-31-22-23(27)29-12-30-24(22)33/h3-9,12-14,32H,10-11H2,1-2H3,(H,28,34)(H2,27,29,30). The molecule has 5 rings (SSSR count). The Bertz CT molecular complexity index is 1520. The summed E-state index contributed by atoms with van der Waals surface area (Å²) in [6, 6.07) is 13.5. The Kier molecular flexibility index (Phi) is 5.67. The number of nitrogen functional groups attached to an aromatic ring is 1. The molecule has 0 atom stereocenters. The predicted molar refractivity (Wildman–Crippen MR) is 134 cm³/mol. The van der Waals surface area contributed by atoms with Crippen LogP contribution in [0.15, 0.2) is 55.1 Å². The molecule has 0 unspecified atom stereocenters. The summed E-state index contributed by atoms with van der Waals surface area (Å²) < 4.78 is 1.91. The highest BCUT2D eigenvalue weighted by atomic mass is 35.5. The molecule has 172 valence electrons. The van der Waals surface area contributed by atoms with Crippen molar-refractivity contribution in [3.63, 3.8) is 0 Å². The summed E-state index contributed by atoms with van der Waals surface area (Å²) in [6.07, 6.45) is 3.12. The number of hydrogen-bond donors (Lipinski definition) is 3. The molecule has 0 aliphatic rings. The van der Waals surface area contributed by atoms with Crippen LogP contribution >= 0.6 is 11.6 Å². The van der Waals surface area contributed by atoms with Gasteiger partial charge in [0.1, 0.15) is 11.8 Å². The number of hydrogen-bond acceptors (Lipinski definition) is 5. The number of rotatable bonds is 6. The number of aromatic nitrogens is 5. The monoisotopic (exact) mass is 473 g/mol. The van der Waals surface area contributed by atoms with Crippen LogP contribution in [-0.2, 0) is 13.1 Å². The van der Waals surface area contributed by atoms with E-state index < -0.39 is 0 Å². The fraction of sp³-hybridized carbons (Fsp3) is 0.200. The number of imidazole rings is 1. The summed E-state index contributed by atoms with van der Waals surface area (Å²) in [4.78, 5) is 29.0. The number of benzene rings is 2. The molecule has 34 heavy (non-hydrogen) atoms. The van der Waals surface area contributed by atoms with Crippen molar-refractivity contribution in [2.75, 3.05) is 5.73 Å². The number of amides is 1. The highest BCUT2D eigenvalue weighted by molar-refractivity contribution is 6.31. The SMILES string of the molecule is CC(C)c1ccccc1C(=O)NCc1cc2cc(Cl)cc(Cn3cnc4c(N)ncnc43)c2[nH]1. The molecule has 3 heterocycles. The van der Waals surface area contributed by atoms with Gasteiger partial charge < -0.3 is 20.6 Å². The van der Waals surface area contributed by atoms with Crippen molar-refractivity contribution >= 4 is 45.4 Å². The Morgan fingerprint density at radius 1 is 1.18 bits per heavy atom. The first-order valence-corrected chi connectivity index (χ1v) is 11.4. The molecule has 8 nitrogen and oxygen atoms in total. The van der Waals surface area contributed by atoms with E-state index in [9.17, 15) is 4.79 Å². The number of nitrogens with zero attached hydrogens (tertiary/aromatic N) is 4.